The summed E-state index contributed by atoms with van der Waals surface area (Å²) in [5.41, 5.74) is 0.574. The molecule has 2 aliphatic rings. The molecule has 4 amide bonds. The van der Waals surface area contributed by atoms with Crippen LogP contribution in [0.5, 0.6) is 11.5 Å². The highest BCUT2D eigenvalue weighted by atomic mass is 35.5. The van der Waals surface area contributed by atoms with Gasteiger partial charge in [0.25, 0.3) is 11.8 Å². The fourth-order valence-corrected chi connectivity index (χ4v) is 4.18. The predicted octanol–water partition coefficient (Wildman–Crippen LogP) is 3.23. The first-order valence-electron chi connectivity index (χ1n) is 9.96. The summed E-state index contributed by atoms with van der Waals surface area (Å²) in [7, 11) is 2.97. The molecule has 4 rings (SSSR count). The second-order valence-corrected chi connectivity index (χ2v) is 7.97. The fraction of sp³-hybridized carbons (Fsp3) is 0.318. The molecule has 2 fully saturated rings. The van der Waals surface area contributed by atoms with E-state index in [9.17, 15) is 18.8 Å². The Balaban J connectivity index is 1.51. The lowest BCUT2D eigenvalue weighted by atomic mass is 9.97. The number of nitrogens with zero attached hydrogens (tertiary/aromatic N) is 2. The summed E-state index contributed by atoms with van der Waals surface area (Å²) in [6.45, 7) is 0.308. The number of nitrogens with one attached hydrogen (secondary N) is 1. The molecule has 0 aliphatic carbocycles. The van der Waals surface area contributed by atoms with Crippen LogP contribution in [0.15, 0.2) is 36.4 Å². The number of rotatable bonds is 5. The fourth-order valence-electron chi connectivity index (χ4n) is 4.00. The summed E-state index contributed by atoms with van der Waals surface area (Å²) in [6, 6.07) is 7.10. The lowest BCUT2D eigenvalue weighted by Crippen LogP contribution is -2.49. The summed E-state index contributed by atoms with van der Waals surface area (Å²) in [5, 5.41) is 2.71. The second kappa shape index (κ2) is 8.66. The molecule has 1 N–H and O–H groups in total. The van der Waals surface area contributed by atoms with Crippen molar-refractivity contribution in [1.29, 1.82) is 0 Å². The highest BCUT2D eigenvalue weighted by Gasteiger charge is 2.49. The molecule has 2 aromatic rings. The van der Waals surface area contributed by atoms with Crippen LogP contribution in [0, 0.1) is 5.82 Å². The number of anilines is 1. The highest BCUT2D eigenvalue weighted by molar-refractivity contribution is 6.31. The SMILES string of the molecule is COc1cc(OC)cc(N2C(=O)[C@H]3C[C@@H](NC(=O)c4ccc(F)c(Cl)c4)CCN3C2=O)c1. The van der Waals surface area contributed by atoms with Crippen LogP contribution in [0.4, 0.5) is 14.9 Å². The first kappa shape index (κ1) is 21.9. The first-order chi connectivity index (χ1) is 15.3. The van der Waals surface area contributed by atoms with Gasteiger partial charge in [-0.1, -0.05) is 11.6 Å². The number of ether oxygens (including phenoxy) is 2. The molecule has 8 nitrogen and oxygen atoms in total. The first-order valence-corrected chi connectivity index (χ1v) is 10.3. The molecule has 0 bridgehead atoms. The zero-order valence-electron chi connectivity index (χ0n) is 17.4. The van der Waals surface area contributed by atoms with Gasteiger partial charge in [0.1, 0.15) is 23.4 Å². The smallest absolute Gasteiger partial charge is 0.332 e. The van der Waals surface area contributed by atoms with Crippen LogP contribution < -0.4 is 19.7 Å². The van der Waals surface area contributed by atoms with E-state index in [1.54, 1.807) is 18.2 Å². The minimum atomic E-state index is -0.699. The van der Waals surface area contributed by atoms with Crippen LogP contribution in [0.2, 0.25) is 5.02 Å². The zero-order chi connectivity index (χ0) is 23.0. The number of carbonyl (C=O) groups is 3. The summed E-state index contributed by atoms with van der Waals surface area (Å²) in [5.74, 6) is -0.507. The second-order valence-electron chi connectivity index (χ2n) is 7.56. The van der Waals surface area contributed by atoms with Crippen molar-refractivity contribution in [2.24, 2.45) is 0 Å². The van der Waals surface area contributed by atoms with Gasteiger partial charge in [0.05, 0.1) is 24.9 Å². The van der Waals surface area contributed by atoms with Crippen molar-refractivity contribution >= 4 is 35.1 Å². The van der Waals surface area contributed by atoms with Crippen molar-refractivity contribution in [3.05, 3.63) is 52.8 Å². The summed E-state index contributed by atoms with van der Waals surface area (Å²) >= 11 is 5.76. The number of piperidine rings is 1. The van der Waals surface area contributed by atoms with Gasteiger partial charge in [-0.2, -0.15) is 0 Å². The number of fused-ring (bicyclic) bond motifs is 1. The van der Waals surface area contributed by atoms with Crippen LogP contribution in [0.3, 0.4) is 0 Å². The third-order valence-electron chi connectivity index (χ3n) is 5.66. The Hall–Kier alpha value is -3.33. The molecule has 32 heavy (non-hydrogen) atoms. The number of halogens is 2. The molecule has 2 aromatic carbocycles. The Morgan fingerprint density at radius 1 is 1.12 bits per heavy atom. The highest BCUT2D eigenvalue weighted by Crippen LogP contribution is 2.35. The number of urea groups is 1. The zero-order valence-corrected chi connectivity index (χ0v) is 18.2. The number of imide groups is 1. The van der Waals surface area contributed by atoms with Crippen molar-refractivity contribution in [1.82, 2.24) is 10.2 Å². The number of carbonyl (C=O) groups excluding carboxylic acids is 3. The standard InChI is InChI=1S/C22H21ClFN3O5/c1-31-15-9-14(10-16(11-15)32-2)27-21(29)19-8-13(5-6-26(19)22(27)30)25-20(28)12-3-4-18(24)17(23)7-12/h3-4,7,9-11,13,19H,5-6,8H2,1-2H3,(H,25,28)/t13-,19+/m0/s1. The average molecular weight is 462 g/mol. The van der Waals surface area contributed by atoms with Gasteiger partial charge in [0.2, 0.25) is 0 Å². The molecule has 0 radical (unpaired) electrons. The molecule has 0 spiro atoms. The lowest BCUT2D eigenvalue weighted by Gasteiger charge is -2.32. The van der Waals surface area contributed by atoms with Crippen molar-refractivity contribution in [3.63, 3.8) is 0 Å². The molecule has 10 heteroatoms. The molecule has 2 atom stereocenters. The van der Waals surface area contributed by atoms with Gasteiger partial charge < -0.3 is 19.7 Å². The maximum absolute atomic E-state index is 13.4. The van der Waals surface area contributed by atoms with Crippen LogP contribution in [0.1, 0.15) is 23.2 Å². The van der Waals surface area contributed by atoms with Gasteiger partial charge in [-0.3, -0.25) is 9.59 Å². The number of hydrogen-bond acceptors (Lipinski definition) is 5. The van der Waals surface area contributed by atoms with Crippen LogP contribution >= 0.6 is 11.6 Å². The van der Waals surface area contributed by atoms with E-state index in [4.69, 9.17) is 21.1 Å². The minimum Gasteiger partial charge on any atom is -0.497 e. The van der Waals surface area contributed by atoms with E-state index in [0.717, 1.165) is 11.0 Å². The summed E-state index contributed by atoms with van der Waals surface area (Å²) in [4.78, 5) is 41.3. The maximum Gasteiger partial charge on any atom is 0.332 e. The topological polar surface area (TPSA) is 88.2 Å². The Kier molecular flexibility index (Phi) is 5.92. The van der Waals surface area contributed by atoms with Gasteiger partial charge in [-0.25, -0.2) is 14.1 Å². The van der Waals surface area contributed by atoms with E-state index >= 15 is 0 Å². The van der Waals surface area contributed by atoms with Crippen LogP contribution in [-0.2, 0) is 4.79 Å². The molecule has 2 heterocycles. The quantitative estimate of drug-likeness (QED) is 0.691. The lowest BCUT2D eigenvalue weighted by molar-refractivity contribution is -0.120. The maximum atomic E-state index is 13.4. The molecule has 0 saturated carbocycles. The number of amides is 4. The Bertz CT molecular complexity index is 1070. The molecule has 2 aliphatic heterocycles. The van der Waals surface area contributed by atoms with Crippen molar-refractivity contribution in [2.45, 2.75) is 24.9 Å². The normalized spacial score (nSPS) is 20.2. The van der Waals surface area contributed by atoms with Crippen LogP contribution in [0.25, 0.3) is 0 Å². The molecule has 0 unspecified atom stereocenters. The van der Waals surface area contributed by atoms with Crippen molar-refractivity contribution in [2.75, 3.05) is 25.7 Å². The molecule has 0 aromatic heterocycles. The largest absolute Gasteiger partial charge is 0.497 e. The summed E-state index contributed by atoms with van der Waals surface area (Å²) in [6.07, 6.45) is 0.744. The van der Waals surface area contributed by atoms with Gasteiger partial charge >= 0.3 is 6.03 Å². The Labute approximate surface area is 188 Å². The third-order valence-corrected chi connectivity index (χ3v) is 5.95. The molecule has 168 valence electrons. The van der Waals surface area contributed by atoms with E-state index in [1.807, 2.05) is 0 Å². The minimum absolute atomic E-state index is 0.145. The Morgan fingerprint density at radius 3 is 2.44 bits per heavy atom. The van der Waals surface area contributed by atoms with Crippen LogP contribution in [-0.4, -0.2) is 55.6 Å². The summed E-state index contributed by atoms with van der Waals surface area (Å²) < 4.78 is 23.8. The van der Waals surface area contributed by atoms with E-state index in [2.05, 4.69) is 5.32 Å². The molecular weight excluding hydrogens is 441 g/mol. The predicted molar refractivity (Wildman–Crippen MR) is 115 cm³/mol. The van der Waals surface area contributed by atoms with E-state index in [1.165, 1.54) is 31.3 Å². The molecule has 2 saturated heterocycles. The molecular formula is C22H21ClFN3O5. The monoisotopic (exact) mass is 461 g/mol. The number of hydrogen-bond donors (Lipinski definition) is 1. The van der Waals surface area contributed by atoms with Gasteiger partial charge in [-0.15, -0.1) is 0 Å². The third kappa shape index (κ3) is 3.95. The number of methoxy groups -OCH3 is 2. The van der Waals surface area contributed by atoms with Gasteiger partial charge in [-0.05, 0) is 31.0 Å². The van der Waals surface area contributed by atoms with Crippen molar-refractivity contribution < 1.29 is 28.2 Å². The average Bonchev–Trinajstić information content (AvgIpc) is 3.04. The number of benzene rings is 2. The van der Waals surface area contributed by atoms with Gasteiger partial charge in [0.15, 0.2) is 0 Å². The van der Waals surface area contributed by atoms with E-state index in [0.29, 0.717) is 30.2 Å². The van der Waals surface area contributed by atoms with E-state index < -0.39 is 23.8 Å². The van der Waals surface area contributed by atoms with Gasteiger partial charge in [0, 0.05) is 36.3 Å². The van der Waals surface area contributed by atoms with Crippen molar-refractivity contribution in [3.8, 4) is 11.5 Å². The van der Waals surface area contributed by atoms with E-state index in [-0.39, 0.29) is 29.0 Å². The Morgan fingerprint density at radius 2 is 1.81 bits per heavy atom.